The Labute approximate surface area is 92.2 Å². The Hall–Kier alpha value is -0.190. The molecular formula is C10H17NOS2. The lowest BCUT2D eigenvalue weighted by atomic mass is 10.4. The van der Waals surface area contributed by atoms with Crippen molar-refractivity contribution >= 4 is 22.1 Å². The van der Waals surface area contributed by atoms with Crippen LogP contribution >= 0.6 is 11.3 Å². The van der Waals surface area contributed by atoms with Crippen LogP contribution in [0.2, 0.25) is 0 Å². The van der Waals surface area contributed by atoms with E-state index >= 15 is 0 Å². The minimum Gasteiger partial charge on any atom is -0.311 e. The summed E-state index contributed by atoms with van der Waals surface area (Å²) in [6, 6.07) is 4.27. The van der Waals surface area contributed by atoms with Crippen LogP contribution in [-0.2, 0) is 17.3 Å². The molecule has 4 heteroatoms. The predicted molar refractivity (Wildman–Crippen MR) is 64.3 cm³/mol. The van der Waals surface area contributed by atoms with Crippen LogP contribution in [-0.4, -0.2) is 22.3 Å². The number of nitrogens with one attached hydrogen (secondary N) is 1. The molecule has 1 N–H and O–H groups in total. The summed E-state index contributed by atoms with van der Waals surface area (Å²) in [5.74, 6) is 1.53. The molecule has 0 aliphatic heterocycles. The van der Waals surface area contributed by atoms with E-state index in [0.29, 0.717) is 0 Å². The van der Waals surface area contributed by atoms with Gasteiger partial charge in [0.25, 0.3) is 0 Å². The van der Waals surface area contributed by atoms with Crippen molar-refractivity contribution in [2.75, 3.05) is 18.1 Å². The van der Waals surface area contributed by atoms with E-state index in [1.54, 1.807) is 0 Å². The van der Waals surface area contributed by atoms with Crippen LogP contribution in [0.5, 0.6) is 0 Å². The van der Waals surface area contributed by atoms with E-state index < -0.39 is 10.8 Å². The average molecular weight is 231 g/mol. The van der Waals surface area contributed by atoms with Crippen molar-refractivity contribution in [3.63, 3.8) is 0 Å². The van der Waals surface area contributed by atoms with Crippen LogP contribution in [0.15, 0.2) is 12.1 Å². The van der Waals surface area contributed by atoms with Crippen molar-refractivity contribution in [1.82, 2.24) is 5.32 Å². The third-order valence-electron chi connectivity index (χ3n) is 1.92. The summed E-state index contributed by atoms with van der Waals surface area (Å²) in [5, 5.41) is 3.30. The van der Waals surface area contributed by atoms with Crippen molar-refractivity contribution < 1.29 is 4.21 Å². The summed E-state index contributed by atoms with van der Waals surface area (Å²) in [7, 11) is -0.639. The molecule has 1 aromatic heterocycles. The molecule has 0 saturated heterocycles. The van der Waals surface area contributed by atoms with Crippen LogP contribution in [0.3, 0.4) is 0 Å². The lowest BCUT2D eigenvalue weighted by Gasteiger charge is -2.01. The molecule has 0 amide bonds. The smallest absolute Gasteiger partial charge is 0.0360 e. The Kier molecular flexibility index (Phi) is 5.37. The van der Waals surface area contributed by atoms with Gasteiger partial charge in [-0.15, -0.1) is 11.3 Å². The lowest BCUT2D eigenvalue weighted by molar-refractivity contribution is 0.675. The minimum absolute atomic E-state index is 0.639. The molecule has 0 radical (unpaired) electrons. The van der Waals surface area contributed by atoms with Crippen molar-refractivity contribution in [1.29, 1.82) is 0 Å². The van der Waals surface area contributed by atoms with Gasteiger partial charge in [0, 0.05) is 45.1 Å². The van der Waals surface area contributed by atoms with Gasteiger partial charge in [-0.05, 0) is 19.1 Å². The molecular weight excluding hydrogens is 214 g/mol. The van der Waals surface area contributed by atoms with Gasteiger partial charge in [-0.25, -0.2) is 0 Å². The van der Waals surface area contributed by atoms with Gasteiger partial charge in [0.15, 0.2) is 0 Å². The van der Waals surface area contributed by atoms with Crippen LogP contribution in [0.1, 0.15) is 16.7 Å². The first-order chi connectivity index (χ1) is 6.72. The Morgan fingerprint density at radius 3 is 2.86 bits per heavy atom. The second-order valence-corrected chi connectivity index (χ2v) is 6.36. The van der Waals surface area contributed by atoms with E-state index in [0.717, 1.165) is 24.6 Å². The van der Waals surface area contributed by atoms with Crippen molar-refractivity contribution in [2.45, 2.75) is 20.4 Å². The highest BCUT2D eigenvalue weighted by molar-refractivity contribution is 7.84. The number of hydrogen-bond donors (Lipinski definition) is 1. The molecule has 1 rings (SSSR count). The van der Waals surface area contributed by atoms with E-state index in [4.69, 9.17) is 0 Å². The standard InChI is InChI=1S/C10H17NOS2/c1-3-14(12)7-6-11-8-10-5-4-9(2)13-10/h4-5,11H,3,6-8H2,1-2H3. The molecule has 0 spiro atoms. The zero-order valence-electron chi connectivity index (χ0n) is 8.71. The highest BCUT2D eigenvalue weighted by Crippen LogP contribution is 2.14. The van der Waals surface area contributed by atoms with Gasteiger partial charge in [0.05, 0.1) is 0 Å². The maximum atomic E-state index is 11.1. The average Bonchev–Trinajstić information content (AvgIpc) is 2.58. The first kappa shape index (κ1) is 11.9. The molecule has 1 aromatic rings. The number of hydrogen-bond acceptors (Lipinski definition) is 3. The quantitative estimate of drug-likeness (QED) is 0.758. The second-order valence-electron chi connectivity index (χ2n) is 3.12. The Morgan fingerprint density at radius 1 is 1.50 bits per heavy atom. The molecule has 0 bridgehead atoms. The Bertz CT molecular complexity index is 296. The predicted octanol–water partition coefficient (Wildman–Crippen LogP) is 1.91. The minimum atomic E-state index is -0.639. The number of thiophene rings is 1. The lowest BCUT2D eigenvalue weighted by Crippen LogP contribution is -2.20. The van der Waals surface area contributed by atoms with E-state index in [9.17, 15) is 4.21 Å². The van der Waals surface area contributed by atoms with Crippen molar-refractivity contribution in [3.05, 3.63) is 21.9 Å². The van der Waals surface area contributed by atoms with Crippen LogP contribution in [0, 0.1) is 6.92 Å². The molecule has 0 saturated carbocycles. The summed E-state index contributed by atoms with van der Waals surface area (Å²) in [5.41, 5.74) is 0. The fraction of sp³-hybridized carbons (Fsp3) is 0.600. The van der Waals surface area contributed by atoms with E-state index in [1.807, 2.05) is 18.3 Å². The fourth-order valence-corrected chi connectivity index (χ4v) is 2.64. The summed E-state index contributed by atoms with van der Waals surface area (Å²) >= 11 is 1.81. The van der Waals surface area contributed by atoms with Gasteiger partial charge in [0.2, 0.25) is 0 Å². The van der Waals surface area contributed by atoms with Gasteiger partial charge in [-0.1, -0.05) is 6.92 Å². The Balaban J connectivity index is 2.13. The molecule has 1 unspecified atom stereocenters. The van der Waals surface area contributed by atoms with Gasteiger partial charge in [-0.2, -0.15) is 0 Å². The van der Waals surface area contributed by atoms with Crippen molar-refractivity contribution in [3.8, 4) is 0 Å². The zero-order valence-corrected chi connectivity index (χ0v) is 10.3. The normalized spacial score (nSPS) is 13.0. The Morgan fingerprint density at radius 2 is 2.29 bits per heavy atom. The first-order valence-corrected chi connectivity index (χ1v) is 7.14. The van der Waals surface area contributed by atoms with Crippen LogP contribution < -0.4 is 5.32 Å². The molecule has 1 atom stereocenters. The van der Waals surface area contributed by atoms with E-state index in [-0.39, 0.29) is 0 Å². The molecule has 0 aliphatic carbocycles. The van der Waals surface area contributed by atoms with Crippen molar-refractivity contribution in [2.24, 2.45) is 0 Å². The summed E-state index contributed by atoms with van der Waals surface area (Å²) in [6.45, 7) is 5.82. The van der Waals surface area contributed by atoms with E-state index in [2.05, 4.69) is 24.4 Å². The largest absolute Gasteiger partial charge is 0.311 e. The fourth-order valence-electron chi connectivity index (χ4n) is 1.12. The second kappa shape index (κ2) is 6.32. The monoisotopic (exact) mass is 231 g/mol. The van der Waals surface area contributed by atoms with Crippen LogP contribution in [0.4, 0.5) is 0 Å². The first-order valence-electron chi connectivity index (χ1n) is 4.83. The molecule has 0 fully saturated rings. The van der Waals surface area contributed by atoms with Gasteiger partial charge in [0.1, 0.15) is 0 Å². The maximum absolute atomic E-state index is 11.1. The number of rotatable bonds is 6. The summed E-state index contributed by atoms with van der Waals surface area (Å²) in [4.78, 5) is 2.70. The highest BCUT2D eigenvalue weighted by atomic mass is 32.2. The molecule has 0 aromatic carbocycles. The maximum Gasteiger partial charge on any atom is 0.0360 e. The highest BCUT2D eigenvalue weighted by Gasteiger charge is 1.97. The molecule has 2 nitrogen and oxygen atoms in total. The molecule has 14 heavy (non-hydrogen) atoms. The van der Waals surface area contributed by atoms with Gasteiger partial charge < -0.3 is 5.32 Å². The SMILES string of the molecule is CCS(=O)CCNCc1ccc(C)s1. The third-order valence-corrected chi connectivity index (χ3v) is 4.23. The van der Waals surface area contributed by atoms with Crippen LogP contribution in [0.25, 0.3) is 0 Å². The molecule has 1 heterocycles. The molecule has 80 valence electrons. The van der Waals surface area contributed by atoms with Gasteiger partial charge >= 0.3 is 0 Å². The van der Waals surface area contributed by atoms with Gasteiger partial charge in [-0.3, -0.25) is 4.21 Å². The number of aryl methyl sites for hydroxylation is 1. The third kappa shape index (κ3) is 4.35. The summed E-state index contributed by atoms with van der Waals surface area (Å²) in [6.07, 6.45) is 0. The summed E-state index contributed by atoms with van der Waals surface area (Å²) < 4.78 is 11.1. The zero-order chi connectivity index (χ0) is 10.4. The molecule has 0 aliphatic rings. The van der Waals surface area contributed by atoms with E-state index in [1.165, 1.54) is 9.75 Å². The topological polar surface area (TPSA) is 29.1 Å².